The Morgan fingerprint density at radius 1 is 1.00 bits per heavy atom. The summed E-state index contributed by atoms with van der Waals surface area (Å²) in [5.41, 5.74) is 7.74. The summed E-state index contributed by atoms with van der Waals surface area (Å²) in [7, 11) is 2.18. The van der Waals surface area contributed by atoms with Crippen molar-refractivity contribution < 1.29 is 0 Å². The summed E-state index contributed by atoms with van der Waals surface area (Å²) < 4.78 is 0. The summed E-state index contributed by atoms with van der Waals surface area (Å²) >= 11 is 0. The molecule has 2 N–H and O–H groups in total. The molecule has 0 aromatic heterocycles. The molecule has 0 radical (unpaired) electrons. The zero-order valence-electron chi connectivity index (χ0n) is 13.7. The molecule has 2 heteroatoms. The van der Waals surface area contributed by atoms with Gasteiger partial charge in [-0.25, -0.2) is 0 Å². The average molecular weight is 284 g/mol. The molecule has 0 aliphatic rings. The first-order valence-corrected chi connectivity index (χ1v) is 7.92. The molecule has 0 aliphatic carbocycles. The van der Waals surface area contributed by atoms with Gasteiger partial charge in [0.1, 0.15) is 0 Å². The van der Waals surface area contributed by atoms with Gasteiger partial charge in [-0.15, -0.1) is 0 Å². The molecular formula is C19H28N2. The van der Waals surface area contributed by atoms with Crippen LogP contribution in [0.3, 0.4) is 0 Å². The van der Waals surface area contributed by atoms with Crippen molar-refractivity contribution in [1.29, 1.82) is 0 Å². The van der Waals surface area contributed by atoms with E-state index >= 15 is 0 Å². The van der Waals surface area contributed by atoms with Crippen LogP contribution in [0.1, 0.15) is 38.8 Å². The summed E-state index contributed by atoms with van der Waals surface area (Å²) in [5, 5.41) is 2.54. The van der Waals surface area contributed by atoms with Crippen LogP contribution < -0.4 is 5.73 Å². The Bertz CT molecular complexity index is 571. The largest absolute Gasteiger partial charge is 0.323 e. The first-order valence-electron chi connectivity index (χ1n) is 7.92. The molecule has 2 nitrogen and oxygen atoms in total. The van der Waals surface area contributed by atoms with Gasteiger partial charge in [0.25, 0.3) is 0 Å². The summed E-state index contributed by atoms with van der Waals surface area (Å²) in [5.74, 6) is 0.719. The number of fused-ring (bicyclic) bond motifs is 1. The molecule has 0 heterocycles. The summed E-state index contributed by atoms with van der Waals surface area (Å²) in [6.07, 6.45) is 1.21. The van der Waals surface area contributed by atoms with Crippen LogP contribution in [-0.2, 0) is 0 Å². The smallest absolute Gasteiger partial charge is 0.0430 e. The minimum Gasteiger partial charge on any atom is -0.323 e. The van der Waals surface area contributed by atoms with Gasteiger partial charge in [-0.05, 0) is 42.6 Å². The Hall–Kier alpha value is -1.38. The molecule has 2 rings (SSSR count). The van der Waals surface area contributed by atoms with E-state index in [1.165, 1.54) is 22.8 Å². The van der Waals surface area contributed by atoms with Gasteiger partial charge in [0.2, 0.25) is 0 Å². The molecule has 2 atom stereocenters. The third kappa shape index (κ3) is 4.05. The highest BCUT2D eigenvalue weighted by Gasteiger charge is 2.16. The standard InChI is InChI=1S/C19H28N2/c1-14(2)12-15(3)21(4)13-19(20)18-11-7-9-16-8-5-6-10-17(16)18/h5-11,14-15,19H,12-13,20H2,1-4H3. The maximum Gasteiger partial charge on any atom is 0.0430 e. The molecule has 2 aromatic carbocycles. The van der Waals surface area contributed by atoms with Crippen molar-refractivity contribution in [2.75, 3.05) is 13.6 Å². The Morgan fingerprint density at radius 3 is 2.38 bits per heavy atom. The van der Waals surface area contributed by atoms with Crippen molar-refractivity contribution in [3.8, 4) is 0 Å². The van der Waals surface area contributed by atoms with Crippen LogP contribution in [-0.4, -0.2) is 24.5 Å². The normalized spacial score (nSPS) is 14.8. The first kappa shape index (κ1) is 16.0. The molecule has 2 aromatic rings. The van der Waals surface area contributed by atoms with Crippen molar-refractivity contribution in [2.45, 2.75) is 39.3 Å². The van der Waals surface area contributed by atoms with Crippen LogP contribution in [0.25, 0.3) is 10.8 Å². The molecule has 0 saturated carbocycles. The second kappa shape index (κ2) is 7.06. The van der Waals surface area contributed by atoms with Gasteiger partial charge in [0.05, 0.1) is 0 Å². The van der Waals surface area contributed by atoms with Gasteiger partial charge in [-0.2, -0.15) is 0 Å². The van der Waals surface area contributed by atoms with Gasteiger partial charge >= 0.3 is 0 Å². The SMILES string of the molecule is CC(C)CC(C)N(C)CC(N)c1cccc2ccccc12. The third-order valence-corrected chi connectivity index (χ3v) is 4.27. The molecule has 0 aliphatic heterocycles. The number of likely N-dealkylation sites (N-methyl/N-ethyl adjacent to an activating group) is 1. The topological polar surface area (TPSA) is 29.3 Å². The third-order valence-electron chi connectivity index (χ3n) is 4.27. The summed E-state index contributed by atoms with van der Waals surface area (Å²) in [6, 6.07) is 15.5. The zero-order chi connectivity index (χ0) is 15.4. The number of nitrogens with zero attached hydrogens (tertiary/aromatic N) is 1. The van der Waals surface area contributed by atoms with Crippen LogP contribution in [0.2, 0.25) is 0 Å². The lowest BCUT2D eigenvalue weighted by Gasteiger charge is -2.29. The van der Waals surface area contributed by atoms with Crippen LogP contribution in [0.15, 0.2) is 42.5 Å². The van der Waals surface area contributed by atoms with E-state index in [1.54, 1.807) is 0 Å². The highest BCUT2D eigenvalue weighted by Crippen LogP contribution is 2.24. The monoisotopic (exact) mass is 284 g/mol. The quantitative estimate of drug-likeness (QED) is 0.861. The molecule has 2 unspecified atom stereocenters. The minimum atomic E-state index is 0.0516. The van der Waals surface area contributed by atoms with E-state index < -0.39 is 0 Å². The van der Waals surface area contributed by atoms with Crippen molar-refractivity contribution in [3.63, 3.8) is 0 Å². The lowest BCUT2D eigenvalue weighted by atomic mass is 9.98. The van der Waals surface area contributed by atoms with Gasteiger partial charge in [0, 0.05) is 18.6 Å². The van der Waals surface area contributed by atoms with Gasteiger partial charge < -0.3 is 10.6 Å². The van der Waals surface area contributed by atoms with Crippen molar-refractivity contribution in [2.24, 2.45) is 11.7 Å². The summed E-state index contributed by atoms with van der Waals surface area (Å²) in [4.78, 5) is 2.38. The predicted molar refractivity (Wildman–Crippen MR) is 92.4 cm³/mol. The maximum absolute atomic E-state index is 6.49. The Balaban J connectivity index is 2.13. The van der Waals surface area contributed by atoms with Crippen LogP contribution in [0.4, 0.5) is 0 Å². The lowest BCUT2D eigenvalue weighted by molar-refractivity contribution is 0.216. The van der Waals surface area contributed by atoms with E-state index in [0.29, 0.717) is 6.04 Å². The van der Waals surface area contributed by atoms with Crippen molar-refractivity contribution in [3.05, 3.63) is 48.0 Å². The molecule has 0 spiro atoms. The molecular weight excluding hydrogens is 256 g/mol. The molecule has 114 valence electrons. The van der Waals surface area contributed by atoms with E-state index in [0.717, 1.165) is 12.5 Å². The van der Waals surface area contributed by atoms with Crippen LogP contribution in [0.5, 0.6) is 0 Å². The molecule has 21 heavy (non-hydrogen) atoms. The van der Waals surface area contributed by atoms with Gasteiger partial charge in [-0.3, -0.25) is 0 Å². The number of benzene rings is 2. The molecule has 0 amide bonds. The van der Waals surface area contributed by atoms with E-state index in [2.05, 4.69) is 75.2 Å². The molecule has 0 saturated heterocycles. The number of rotatable bonds is 6. The van der Waals surface area contributed by atoms with E-state index in [9.17, 15) is 0 Å². The molecule has 0 fully saturated rings. The Kier molecular flexibility index (Phi) is 5.38. The molecule has 0 bridgehead atoms. The maximum atomic E-state index is 6.49. The van der Waals surface area contributed by atoms with Crippen molar-refractivity contribution in [1.82, 2.24) is 4.90 Å². The van der Waals surface area contributed by atoms with Gasteiger partial charge in [0.15, 0.2) is 0 Å². The van der Waals surface area contributed by atoms with Crippen molar-refractivity contribution >= 4 is 10.8 Å². The summed E-state index contributed by atoms with van der Waals surface area (Å²) in [6.45, 7) is 7.72. The fourth-order valence-corrected chi connectivity index (χ4v) is 3.02. The van der Waals surface area contributed by atoms with Crippen LogP contribution >= 0.6 is 0 Å². The zero-order valence-corrected chi connectivity index (χ0v) is 13.7. The highest BCUT2D eigenvalue weighted by molar-refractivity contribution is 5.86. The second-order valence-corrected chi connectivity index (χ2v) is 6.59. The van der Waals surface area contributed by atoms with Gasteiger partial charge in [-0.1, -0.05) is 56.3 Å². The Labute approximate surface area is 128 Å². The fraction of sp³-hybridized carbons (Fsp3) is 0.474. The number of hydrogen-bond donors (Lipinski definition) is 1. The minimum absolute atomic E-state index is 0.0516. The lowest BCUT2D eigenvalue weighted by Crippen LogP contribution is -2.36. The van der Waals surface area contributed by atoms with E-state index in [1.807, 2.05) is 0 Å². The van der Waals surface area contributed by atoms with Crippen LogP contribution in [0, 0.1) is 5.92 Å². The predicted octanol–water partition coefficient (Wildman–Crippen LogP) is 4.21. The first-order chi connectivity index (χ1) is 9.99. The average Bonchev–Trinajstić information content (AvgIpc) is 2.45. The number of nitrogens with two attached hydrogens (primary N) is 1. The van der Waals surface area contributed by atoms with E-state index in [4.69, 9.17) is 5.73 Å². The number of hydrogen-bond acceptors (Lipinski definition) is 2. The van der Waals surface area contributed by atoms with E-state index in [-0.39, 0.29) is 6.04 Å². The second-order valence-electron chi connectivity index (χ2n) is 6.59. The Morgan fingerprint density at radius 2 is 1.67 bits per heavy atom. The fourth-order valence-electron chi connectivity index (χ4n) is 3.02. The highest BCUT2D eigenvalue weighted by atomic mass is 15.1.